The van der Waals surface area contributed by atoms with Crippen LogP contribution in [0.4, 0.5) is 0 Å². The summed E-state index contributed by atoms with van der Waals surface area (Å²) in [5.74, 6) is -0.205. The minimum absolute atomic E-state index is 0.0398. The first-order valence-electron chi connectivity index (χ1n) is 6.87. The van der Waals surface area contributed by atoms with Crippen molar-refractivity contribution in [3.8, 4) is 5.75 Å². The van der Waals surface area contributed by atoms with E-state index in [2.05, 4.69) is 5.48 Å². The molecule has 0 unspecified atom stereocenters. The predicted octanol–water partition coefficient (Wildman–Crippen LogP) is 3.38. The van der Waals surface area contributed by atoms with E-state index in [-0.39, 0.29) is 17.9 Å². The Labute approximate surface area is 124 Å². The van der Waals surface area contributed by atoms with Crippen LogP contribution in [0, 0.1) is 0 Å². The van der Waals surface area contributed by atoms with E-state index in [0.717, 1.165) is 11.1 Å². The minimum atomic E-state index is -0.460. The van der Waals surface area contributed by atoms with E-state index in [1.165, 1.54) is 0 Å². The number of hydroxylamine groups is 1. The SMILES string of the molecule is CC(C)c1ccc(C(=O)NOCc2ccccc2)c(O)c1. The molecule has 0 atom stereocenters. The molecule has 0 fully saturated rings. The Balaban J connectivity index is 1.94. The van der Waals surface area contributed by atoms with Gasteiger partial charge in [0.1, 0.15) is 5.75 Å². The topological polar surface area (TPSA) is 58.6 Å². The van der Waals surface area contributed by atoms with Gasteiger partial charge in [-0.15, -0.1) is 0 Å². The number of hydrogen-bond acceptors (Lipinski definition) is 3. The summed E-state index contributed by atoms with van der Waals surface area (Å²) in [6.07, 6.45) is 0. The second kappa shape index (κ2) is 6.90. The van der Waals surface area contributed by atoms with Crippen LogP contribution < -0.4 is 5.48 Å². The lowest BCUT2D eigenvalue weighted by atomic mass is 10.0. The predicted molar refractivity (Wildman–Crippen MR) is 80.9 cm³/mol. The highest BCUT2D eigenvalue weighted by Crippen LogP contribution is 2.23. The maximum absolute atomic E-state index is 11.9. The molecule has 1 amide bonds. The number of carbonyl (C=O) groups excluding carboxylic acids is 1. The van der Waals surface area contributed by atoms with E-state index in [9.17, 15) is 9.90 Å². The molecule has 0 heterocycles. The molecule has 110 valence electrons. The standard InChI is InChI=1S/C17H19NO3/c1-12(2)14-8-9-15(16(19)10-14)17(20)18-21-11-13-6-4-3-5-7-13/h3-10,12,19H,11H2,1-2H3,(H,18,20). The number of nitrogens with one attached hydrogen (secondary N) is 1. The lowest BCUT2D eigenvalue weighted by molar-refractivity contribution is 0.0231. The molecule has 2 aromatic rings. The third-order valence-electron chi connectivity index (χ3n) is 3.18. The fraction of sp³-hybridized carbons (Fsp3) is 0.235. The molecule has 0 aromatic heterocycles. The van der Waals surface area contributed by atoms with Gasteiger partial charge in [-0.05, 0) is 29.2 Å². The molecule has 2 rings (SSSR count). The van der Waals surface area contributed by atoms with Gasteiger partial charge in [0.05, 0.1) is 12.2 Å². The normalized spacial score (nSPS) is 10.6. The average molecular weight is 285 g/mol. The summed E-state index contributed by atoms with van der Waals surface area (Å²) in [5, 5.41) is 9.91. The molecule has 0 aliphatic carbocycles. The van der Waals surface area contributed by atoms with Gasteiger partial charge in [0.25, 0.3) is 5.91 Å². The largest absolute Gasteiger partial charge is 0.507 e. The van der Waals surface area contributed by atoms with Crippen LogP contribution in [0.1, 0.15) is 41.3 Å². The third kappa shape index (κ3) is 4.07. The monoisotopic (exact) mass is 285 g/mol. The molecule has 0 saturated carbocycles. The van der Waals surface area contributed by atoms with Crippen LogP contribution in [0.15, 0.2) is 48.5 Å². The smallest absolute Gasteiger partial charge is 0.278 e. The molecular weight excluding hydrogens is 266 g/mol. The third-order valence-corrected chi connectivity index (χ3v) is 3.18. The summed E-state index contributed by atoms with van der Waals surface area (Å²) in [5.41, 5.74) is 4.48. The second-order valence-electron chi connectivity index (χ2n) is 5.14. The summed E-state index contributed by atoms with van der Waals surface area (Å²) in [7, 11) is 0. The lowest BCUT2D eigenvalue weighted by Crippen LogP contribution is -2.23. The zero-order chi connectivity index (χ0) is 15.2. The first-order valence-corrected chi connectivity index (χ1v) is 6.87. The average Bonchev–Trinajstić information content (AvgIpc) is 2.48. The number of phenolic OH excluding ortho intramolecular Hbond substituents is 1. The Morgan fingerprint density at radius 2 is 1.90 bits per heavy atom. The van der Waals surface area contributed by atoms with Crippen LogP contribution >= 0.6 is 0 Å². The van der Waals surface area contributed by atoms with Crippen molar-refractivity contribution in [3.05, 3.63) is 65.2 Å². The summed E-state index contributed by atoms with van der Waals surface area (Å²) < 4.78 is 0. The molecule has 21 heavy (non-hydrogen) atoms. The van der Waals surface area contributed by atoms with E-state index in [4.69, 9.17) is 4.84 Å². The number of amides is 1. The van der Waals surface area contributed by atoms with Gasteiger partial charge in [0.2, 0.25) is 0 Å². The highest BCUT2D eigenvalue weighted by molar-refractivity contribution is 5.96. The summed E-state index contributed by atoms with van der Waals surface area (Å²) in [4.78, 5) is 17.1. The first kappa shape index (κ1) is 15.1. The molecular formula is C17H19NO3. The number of aromatic hydroxyl groups is 1. The highest BCUT2D eigenvalue weighted by atomic mass is 16.6. The van der Waals surface area contributed by atoms with Gasteiger partial charge in [0, 0.05) is 0 Å². The van der Waals surface area contributed by atoms with Crippen molar-refractivity contribution >= 4 is 5.91 Å². The van der Waals surface area contributed by atoms with E-state index in [1.54, 1.807) is 12.1 Å². The zero-order valence-electron chi connectivity index (χ0n) is 12.2. The minimum Gasteiger partial charge on any atom is -0.507 e. The number of carbonyl (C=O) groups is 1. The Kier molecular flexibility index (Phi) is 4.95. The van der Waals surface area contributed by atoms with E-state index in [1.807, 2.05) is 50.2 Å². The quantitative estimate of drug-likeness (QED) is 0.828. The van der Waals surface area contributed by atoms with Crippen molar-refractivity contribution in [3.63, 3.8) is 0 Å². The van der Waals surface area contributed by atoms with Gasteiger partial charge < -0.3 is 5.11 Å². The molecule has 0 aliphatic heterocycles. The van der Waals surface area contributed by atoms with Gasteiger partial charge in [-0.2, -0.15) is 0 Å². The molecule has 0 aliphatic rings. The number of hydrogen-bond donors (Lipinski definition) is 2. The first-order chi connectivity index (χ1) is 10.1. The van der Waals surface area contributed by atoms with Crippen LogP contribution in [0.5, 0.6) is 5.75 Å². The lowest BCUT2D eigenvalue weighted by Gasteiger charge is -2.10. The van der Waals surface area contributed by atoms with Gasteiger partial charge in [0.15, 0.2) is 0 Å². The summed E-state index contributed by atoms with van der Waals surface area (Å²) in [6, 6.07) is 14.6. The van der Waals surface area contributed by atoms with Gasteiger partial charge in [-0.25, -0.2) is 5.48 Å². The van der Waals surface area contributed by atoms with Crippen LogP contribution in [-0.2, 0) is 11.4 Å². The molecule has 0 radical (unpaired) electrons. The van der Waals surface area contributed by atoms with Gasteiger partial charge in [-0.3, -0.25) is 9.63 Å². The van der Waals surface area contributed by atoms with Crippen molar-refractivity contribution in [1.82, 2.24) is 5.48 Å². The van der Waals surface area contributed by atoms with Crippen molar-refractivity contribution in [1.29, 1.82) is 0 Å². The Hall–Kier alpha value is -2.33. The summed E-state index contributed by atoms with van der Waals surface area (Å²) in [6.45, 7) is 4.33. The van der Waals surface area contributed by atoms with Crippen LogP contribution in [0.3, 0.4) is 0 Å². The van der Waals surface area contributed by atoms with E-state index >= 15 is 0 Å². The summed E-state index contributed by atoms with van der Waals surface area (Å²) >= 11 is 0. The van der Waals surface area contributed by atoms with Gasteiger partial charge in [-0.1, -0.05) is 50.2 Å². The van der Waals surface area contributed by atoms with Crippen molar-refractivity contribution in [2.24, 2.45) is 0 Å². The second-order valence-corrected chi connectivity index (χ2v) is 5.14. The fourth-order valence-electron chi connectivity index (χ4n) is 1.91. The van der Waals surface area contributed by atoms with Gasteiger partial charge >= 0.3 is 0 Å². The van der Waals surface area contributed by atoms with Crippen LogP contribution in [0.25, 0.3) is 0 Å². The maximum Gasteiger partial charge on any atom is 0.278 e. The van der Waals surface area contributed by atoms with E-state index < -0.39 is 5.91 Å². The number of benzene rings is 2. The number of phenols is 1. The molecule has 2 aromatic carbocycles. The van der Waals surface area contributed by atoms with Crippen LogP contribution in [-0.4, -0.2) is 11.0 Å². The van der Waals surface area contributed by atoms with Crippen molar-refractivity contribution < 1.29 is 14.7 Å². The fourth-order valence-corrected chi connectivity index (χ4v) is 1.91. The highest BCUT2D eigenvalue weighted by Gasteiger charge is 2.12. The molecule has 4 nitrogen and oxygen atoms in total. The zero-order valence-corrected chi connectivity index (χ0v) is 12.2. The van der Waals surface area contributed by atoms with Crippen molar-refractivity contribution in [2.45, 2.75) is 26.4 Å². The van der Waals surface area contributed by atoms with Crippen molar-refractivity contribution in [2.75, 3.05) is 0 Å². The Morgan fingerprint density at radius 1 is 1.19 bits per heavy atom. The molecule has 4 heteroatoms. The Morgan fingerprint density at radius 3 is 2.52 bits per heavy atom. The molecule has 0 saturated heterocycles. The number of rotatable bonds is 5. The maximum atomic E-state index is 11.9. The molecule has 0 spiro atoms. The molecule has 2 N–H and O–H groups in total. The molecule has 0 bridgehead atoms. The Bertz CT molecular complexity index is 609. The van der Waals surface area contributed by atoms with Crippen LogP contribution in [0.2, 0.25) is 0 Å². The van der Waals surface area contributed by atoms with E-state index in [0.29, 0.717) is 5.92 Å².